The largest absolute Gasteiger partial charge is 0.379 e. The van der Waals surface area contributed by atoms with Gasteiger partial charge >= 0.3 is 0 Å². The molecule has 6 nitrogen and oxygen atoms in total. The summed E-state index contributed by atoms with van der Waals surface area (Å²) >= 11 is 0. The lowest BCUT2D eigenvalue weighted by atomic mass is 9.96. The number of nitrogens with zero attached hydrogens (tertiary/aromatic N) is 3. The van der Waals surface area contributed by atoms with E-state index in [9.17, 15) is 4.79 Å². The van der Waals surface area contributed by atoms with Crippen molar-refractivity contribution in [3.05, 3.63) is 54.4 Å². The van der Waals surface area contributed by atoms with Crippen molar-refractivity contribution in [2.45, 2.75) is 46.1 Å². The molecule has 0 bridgehead atoms. The first-order valence-corrected chi connectivity index (χ1v) is 11.2. The molecule has 0 aliphatic carbocycles. The van der Waals surface area contributed by atoms with E-state index >= 15 is 0 Å². The number of carbonyl (C=O) groups is 1. The molecule has 0 fully saturated rings. The van der Waals surface area contributed by atoms with Crippen LogP contribution >= 0.6 is 0 Å². The third-order valence-electron chi connectivity index (χ3n) is 5.73. The van der Waals surface area contributed by atoms with Crippen LogP contribution < -0.4 is 15.5 Å². The van der Waals surface area contributed by atoms with Gasteiger partial charge in [-0.3, -0.25) is 9.48 Å². The topological polar surface area (TPSA) is 62.2 Å². The predicted molar refractivity (Wildman–Crippen MR) is 132 cm³/mol. The quantitative estimate of drug-likeness (QED) is 0.546. The van der Waals surface area contributed by atoms with Gasteiger partial charge in [-0.25, -0.2) is 0 Å². The Morgan fingerprint density at radius 1 is 1.13 bits per heavy atom. The lowest BCUT2D eigenvalue weighted by Crippen LogP contribution is -2.26. The molecule has 2 aliphatic heterocycles. The minimum Gasteiger partial charge on any atom is -0.379 e. The van der Waals surface area contributed by atoms with Crippen molar-refractivity contribution in [3.63, 3.8) is 0 Å². The third kappa shape index (κ3) is 4.15. The van der Waals surface area contributed by atoms with Gasteiger partial charge in [-0.2, -0.15) is 5.10 Å². The Bertz CT molecular complexity index is 1100. The van der Waals surface area contributed by atoms with E-state index in [0.717, 1.165) is 42.0 Å². The minimum atomic E-state index is 0. The fourth-order valence-corrected chi connectivity index (χ4v) is 4.39. The molecule has 1 amide bonds. The van der Waals surface area contributed by atoms with Crippen LogP contribution in [-0.2, 0) is 18.3 Å². The summed E-state index contributed by atoms with van der Waals surface area (Å²) in [4.78, 5) is 14.5. The number of hydrogen-bond donors (Lipinski definition) is 2. The maximum atomic E-state index is 12.1. The number of carbonyl (C=O) groups excluding carboxylic acids is 1. The summed E-state index contributed by atoms with van der Waals surface area (Å²) in [6, 6.07) is 12.9. The smallest absolute Gasteiger partial charge is 0.226 e. The molecule has 31 heavy (non-hydrogen) atoms. The van der Waals surface area contributed by atoms with Gasteiger partial charge in [0.1, 0.15) is 0 Å². The molecule has 1 unspecified atom stereocenters. The standard InChI is InChI=1S/C23H25N5O.C2H6.2H2/c1-15-11-22(29)26-19-6-3-7-21(23(19)25-15)28-10-4-5-17-12-16(8-9-20(17)28)18-13-24-27(2)14-18;1-2;;/h3,6-9,12-15,25H,4-5,10-11H2,1-2H3,(H,26,29);1-2H3;2*1H. The van der Waals surface area contributed by atoms with E-state index in [1.54, 1.807) is 0 Å². The average Bonchev–Trinajstić information content (AvgIpc) is 3.15. The first kappa shape index (κ1) is 21.0. The highest BCUT2D eigenvalue weighted by molar-refractivity contribution is 6.00. The van der Waals surface area contributed by atoms with Crippen molar-refractivity contribution in [2.24, 2.45) is 7.05 Å². The zero-order valence-electron chi connectivity index (χ0n) is 18.8. The van der Waals surface area contributed by atoms with Crippen LogP contribution in [0.1, 0.15) is 42.0 Å². The molecule has 5 rings (SSSR count). The summed E-state index contributed by atoms with van der Waals surface area (Å²) in [7, 11) is 1.94. The van der Waals surface area contributed by atoms with Crippen molar-refractivity contribution >= 4 is 28.7 Å². The van der Waals surface area contributed by atoms with E-state index in [4.69, 9.17) is 0 Å². The molecule has 0 saturated carbocycles. The lowest BCUT2D eigenvalue weighted by Gasteiger charge is -2.34. The van der Waals surface area contributed by atoms with Crippen LogP contribution in [-0.4, -0.2) is 28.3 Å². The number of benzene rings is 2. The number of fused-ring (bicyclic) bond motifs is 2. The van der Waals surface area contributed by atoms with Crippen molar-refractivity contribution in [1.82, 2.24) is 9.78 Å². The van der Waals surface area contributed by atoms with Crippen LogP contribution in [0.5, 0.6) is 0 Å². The number of aromatic nitrogens is 2. The van der Waals surface area contributed by atoms with Crippen LogP contribution in [0.4, 0.5) is 22.7 Å². The average molecular weight is 422 g/mol. The second-order valence-corrected chi connectivity index (χ2v) is 8.00. The maximum Gasteiger partial charge on any atom is 0.226 e. The van der Waals surface area contributed by atoms with E-state index in [-0.39, 0.29) is 14.8 Å². The van der Waals surface area contributed by atoms with Gasteiger partial charge in [0.05, 0.1) is 23.3 Å². The van der Waals surface area contributed by atoms with Crippen LogP contribution in [0, 0.1) is 0 Å². The second-order valence-electron chi connectivity index (χ2n) is 8.00. The molecule has 6 heteroatoms. The third-order valence-corrected chi connectivity index (χ3v) is 5.73. The van der Waals surface area contributed by atoms with Crippen molar-refractivity contribution in [2.75, 3.05) is 22.1 Å². The SMILES string of the molecule is CC.CC1CC(=O)Nc2cccc(N3CCCc4cc(-c5cnn(C)c5)ccc43)c2N1.[HH].[HH]. The number of rotatable bonds is 2. The Hall–Kier alpha value is -3.28. The highest BCUT2D eigenvalue weighted by atomic mass is 16.1. The summed E-state index contributed by atoms with van der Waals surface area (Å²) in [5.74, 6) is 0.0565. The van der Waals surface area contributed by atoms with Gasteiger partial charge in [0, 0.05) is 46.4 Å². The molecular formula is C25H35N5O. The van der Waals surface area contributed by atoms with E-state index < -0.39 is 0 Å². The summed E-state index contributed by atoms with van der Waals surface area (Å²) in [6.07, 6.45) is 6.59. The molecule has 3 heterocycles. The van der Waals surface area contributed by atoms with Gasteiger partial charge in [-0.1, -0.05) is 26.0 Å². The van der Waals surface area contributed by atoms with Gasteiger partial charge in [0.2, 0.25) is 5.91 Å². The zero-order valence-corrected chi connectivity index (χ0v) is 18.8. The Morgan fingerprint density at radius 3 is 2.74 bits per heavy atom. The Kier molecular flexibility index (Phi) is 5.98. The molecule has 0 spiro atoms. The monoisotopic (exact) mass is 421 g/mol. The van der Waals surface area contributed by atoms with E-state index in [2.05, 4.69) is 51.8 Å². The second kappa shape index (κ2) is 8.84. The molecule has 0 radical (unpaired) electrons. The van der Waals surface area contributed by atoms with E-state index in [1.165, 1.54) is 16.8 Å². The molecule has 2 aliphatic rings. The molecule has 1 atom stereocenters. The van der Waals surface area contributed by atoms with Gasteiger partial charge in [-0.15, -0.1) is 0 Å². The van der Waals surface area contributed by atoms with Gasteiger partial charge < -0.3 is 15.5 Å². The number of anilines is 4. The minimum absolute atomic E-state index is 0. The number of para-hydroxylation sites is 1. The van der Waals surface area contributed by atoms with Gasteiger partial charge in [0.15, 0.2) is 0 Å². The van der Waals surface area contributed by atoms with Crippen molar-refractivity contribution < 1.29 is 7.65 Å². The number of amides is 1. The van der Waals surface area contributed by atoms with Crippen LogP contribution in [0.25, 0.3) is 11.1 Å². The zero-order chi connectivity index (χ0) is 22.0. The normalized spacial score (nSPS) is 17.4. The van der Waals surface area contributed by atoms with Crippen LogP contribution in [0.2, 0.25) is 0 Å². The first-order valence-electron chi connectivity index (χ1n) is 11.2. The molecule has 1 aromatic heterocycles. The fourth-order valence-electron chi connectivity index (χ4n) is 4.39. The Morgan fingerprint density at radius 2 is 1.97 bits per heavy atom. The number of nitrogens with one attached hydrogen (secondary N) is 2. The molecule has 166 valence electrons. The van der Waals surface area contributed by atoms with Gasteiger partial charge in [-0.05, 0) is 55.2 Å². The summed E-state index contributed by atoms with van der Waals surface area (Å²) in [5.41, 5.74) is 7.91. The lowest BCUT2D eigenvalue weighted by molar-refractivity contribution is -0.116. The molecule has 2 aromatic carbocycles. The van der Waals surface area contributed by atoms with Crippen molar-refractivity contribution in [1.29, 1.82) is 0 Å². The van der Waals surface area contributed by atoms with E-state index in [0.29, 0.717) is 6.42 Å². The highest BCUT2D eigenvalue weighted by Crippen LogP contribution is 2.42. The molecular weight excluding hydrogens is 386 g/mol. The Labute approximate surface area is 187 Å². The number of aryl methyl sites for hydroxylation is 2. The van der Waals surface area contributed by atoms with E-state index in [1.807, 2.05) is 50.1 Å². The first-order chi connectivity index (χ1) is 15.1. The van der Waals surface area contributed by atoms with Crippen LogP contribution in [0.15, 0.2) is 48.8 Å². The number of hydrogen-bond acceptors (Lipinski definition) is 4. The fraction of sp³-hybridized carbons (Fsp3) is 0.360. The van der Waals surface area contributed by atoms with Crippen molar-refractivity contribution in [3.8, 4) is 11.1 Å². The summed E-state index contributed by atoms with van der Waals surface area (Å²) in [6.45, 7) is 7.01. The Balaban J connectivity index is 0.000000939. The molecule has 0 saturated heterocycles. The molecule has 3 aromatic rings. The summed E-state index contributed by atoms with van der Waals surface area (Å²) in [5, 5.41) is 10.9. The predicted octanol–water partition coefficient (Wildman–Crippen LogP) is 5.83. The maximum absolute atomic E-state index is 12.1. The van der Waals surface area contributed by atoms with Gasteiger partial charge in [0.25, 0.3) is 0 Å². The summed E-state index contributed by atoms with van der Waals surface area (Å²) < 4.78 is 1.83. The van der Waals surface area contributed by atoms with Crippen LogP contribution in [0.3, 0.4) is 0 Å². The molecule has 2 N–H and O–H groups in total. The highest BCUT2D eigenvalue weighted by Gasteiger charge is 2.25.